The van der Waals surface area contributed by atoms with Gasteiger partial charge in [-0.25, -0.2) is 9.86 Å². The molecule has 72 valence electrons. The largest absolute Gasteiger partial charge is 0.357 e. The molecule has 0 aliphatic heterocycles. The highest BCUT2D eigenvalue weighted by molar-refractivity contribution is 7.89. The third-order valence-electron chi connectivity index (χ3n) is 0.723. The lowest BCUT2D eigenvalue weighted by Gasteiger charge is -2.22. The van der Waals surface area contributed by atoms with E-state index in [0.29, 0.717) is 0 Å². The van der Waals surface area contributed by atoms with Gasteiger partial charge in [-0.2, -0.15) is 8.42 Å². The zero-order chi connectivity index (χ0) is 9.99. The average Bonchev–Trinajstić information content (AvgIpc) is 1.49. The van der Waals surface area contributed by atoms with Crippen LogP contribution in [0.2, 0.25) is 0 Å². The van der Waals surface area contributed by atoms with Crippen molar-refractivity contribution in [1.82, 2.24) is 10.0 Å². The van der Waals surface area contributed by atoms with Gasteiger partial charge >= 0.3 is 0 Å². The number of hydrogen-bond acceptors (Lipinski definition) is 3. The SMILES string of the molecule is CC(C)(C)NC(=S)NS(N)(=O)=O. The first kappa shape index (κ1) is 11.6. The van der Waals surface area contributed by atoms with Gasteiger partial charge in [-0.3, -0.25) is 0 Å². The first-order valence-corrected chi connectivity index (χ1v) is 5.18. The molecule has 0 rings (SSSR count). The zero-order valence-electron chi connectivity index (χ0n) is 7.21. The van der Waals surface area contributed by atoms with E-state index in [1.165, 1.54) is 0 Å². The Hall–Kier alpha value is -0.400. The van der Waals surface area contributed by atoms with Crippen LogP contribution in [0.4, 0.5) is 0 Å². The van der Waals surface area contributed by atoms with Crippen LogP contribution in [0.1, 0.15) is 20.8 Å². The Bertz CT molecular complexity index is 265. The van der Waals surface area contributed by atoms with E-state index in [1.54, 1.807) is 0 Å². The lowest BCUT2D eigenvalue weighted by molar-refractivity contribution is 0.510. The van der Waals surface area contributed by atoms with Gasteiger partial charge in [0.15, 0.2) is 5.11 Å². The smallest absolute Gasteiger partial charge is 0.298 e. The van der Waals surface area contributed by atoms with Crippen molar-refractivity contribution < 1.29 is 8.42 Å². The van der Waals surface area contributed by atoms with Gasteiger partial charge < -0.3 is 5.32 Å². The second-order valence-electron chi connectivity index (χ2n) is 3.35. The van der Waals surface area contributed by atoms with E-state index in [2.05, 4.69) is 22.7 Å². The van der Waals surface area contributed by atoms with Gasteiger partial charge in [0.25, 0.3) is 10.2 Å². The van der Waals surface area contributed by atoms with Gasteiger partial charge in [-0.1, -0.05) is 0 Å². The third-order valence-corrected chi connectivity index (χ3v) is 1.55. The Balaban J connectivity index is 4.10. The lowest BCUT2D eigenvalue weighted by Crippen LogP contribution is -2.49. The van der Waals surface area contributed by atoms with Crippen LogP contribution in [0.15, 0.2) is 0 Å². The summed E-state index contributed by atoms with van der Waals surface area (Å²) in [7, 11) is -3.75. The summed E-state index contributed by atoms with van der Waals surface area (Å²) in [4.78, 5) is 0. The minimum absolute atomic E-state index is 0.00463. The Morgan fingerprint density at radius 3 is 2.08 bits per heavy atom. The van der Waals surface area contributed by atoms with Crippen molar-refractivity contribution in [2.24, 2.45) is 5.14 Å². The van der Waals surface area contributed by atoms with E-state index in [4.69, 9.17) is 0 Å². The van der Waals surface area contributed by atoms with Crippen LogP contribution >= 0.6 is 12.2 Å². The van der Waals surface area contributed by atoms with Crippen molar-refractivity contribution in [3.63, 3.8) is 0 Å². The fraction of sp³-hybridized carbons (Fsp3) is 0.800. The molecule has 12 heavy (non-hydrogen) atoms. The topological polar surface area (TPSA) is 84.2 Å². The maximum Gasteiger partial charge on any atom is 0.298 e. The molecule has 0 aromatic heterocycles. The minimum Gasteiger partial charge on any atom is -0.357 e. The molecule has 0 aliphatic rings. The van der Waals surface area contributed by atoms with E-state index in [0.717, 1.165) is 0 Å². The van der Waals surface area contributed by atoms with Crippen LogP contribution in [-0.2, 0) is 10.2 Å². The fourth-order valence-electron chi connectivity index (χ4n) is 0.495. The van der Waals surface area contributed by atoms with Crippen LogP contribution in [0, 0.1) is 0 Å². The molecule has 4 N–H and O–H groups in total. The summed E-state index contributed by atoms with van der Waals surface area (Å²) in [6.07, 6.45) is 0. The molecule has 0 amide bonds. The summed E-state index contributed by atoms with van der Waals surface area (Å²) in [5.74, 6) is 0. The first-order valence-electron chi connectivity index (χ1n) is 3.23. The van der Waals surface area contributed by atoms with Crippen LogP contribution in [0.5, 0.6) is 0 Å². The van der Waals surface area contributed by atoms with Crippen molar-refractivity contribution in [2.75, 3.05) is 0 Å². The second kappa shape index (κ2) is 3.55. The minimum atomic E-state index is -3.75. The van der Waals surface area contributed by atoms with Crippen molar-refractivity contribution in [1.29, 1.82) is 0 Å². The Morgan fingerprint density at radius 1 is 1.42 bits per heavy atom. The van der Waals surface area contributed by atoms with Gasteiger partial charge in [-0.05, 0) is 33.0 Å². The molecule has 0 heterocycles. The predicted octanol–water partition coefficient (Wildman–Crippen LogP) is -0.547. The summed E-state index contributed by atoms with van der Waals surface area (Å²) in [6, 6.07) is 0. The lowest BCUT2D eigenvalue weighted by atomic mass is 10.1. The maximum atomic E-state index is 10.5. The van der Waals surface area contributed by atoms with Gasteiger partial charge in [0.2, 0.25) is 0 Å². The summed E-state index contributed by atoms with van der Waals surface area (Å²) in [6.45, 7) is 5.55. The number of rotatable bonds is 1. The molecule has 0 radical (unpaired) electrons. The zero-order valence-corrected chi connectivity index (χ0v) is 8.84. The van der Waals surface area contributed by atoms with E-state index in [9.17, 15) is 8.42 Å². The molecule has 0 atom stereocenters. The van der Waals surface area contributed by atoms with Crippen LogP contribution in [0.3, 0.4) is 0 Å². The maximum absolute atomic E-state index is 10.5. The summed E-state index contributed by atoms with van der Waals surface area (Å²) in [5, 5.41) is 7.43. The van der Waals surface area contributed by atoms with Crippen LogP contribution in [0.25, 0.3) is 0 Å². The molecular formula is C5H13N3O2S2. The molecule has 0 unspecified atom stereocenters. The number of hydrogen-bond donors (Lipinski definition) is 3. The van der Waals surface area contributed by atoms with E-state index >= 15 is 0 Å². The molecule has 0 saturated carbocycles. The summed E-state index contributed by atoms with van der Waals surface area (Å²) < 4.78 is 22.9. The molecule has 0 fully saturated rings. The van der Waals surface area contributed by atoms with Crippen molar-refractivity contribution in [3.05, 3.63) is 0 Å². The van der Waals surface area contributed by atoms with Gasteiger partial charge in [0, 0.05) is 5.54 Å². The number of thiocarbonyl (C=S) groups is 1. The molecule has 0 aliphatic carbocycles. The molecule has 0 bridgehead atoms. The van der Waals surface area contributed by atoms with Gasteiger partial charge in [0.05, 0.1) is 0 Å². The average molecular weight is 211 g/mol. The molecule has 0 saturated heterocycles. The summed E-state index contributed by atoms with van der Waals surface area (Å²) in [5.41, 5.74) is -0.283. The quantitative estimate of drug-likeness (QED) is 0.508. The summed E-state index contributed by atoms with van der Waals surface area (Å²) >= 11 is 4.67. The highest BCUT2D eigenvalue weighted by atomic mass is 32.2. The molecular weight excluding hydrogens is 198 g/mol. The fourth-order valence-corrected chi connectivity index (χ4v) is 1.46. The van der Waals surface area contributed by atoms with E-state index in [1.807, 2.05) is 25.5 Å². The second-order valence-corrected chi connectivity index (χ2v) is 5.05. The third kappa shape index (κ3) is 7.70. The van der Waals surface area contributed by atoms with Crippen molar-refractivity contribution in [3.8, 4) is 0 Å². The van der Waals surface area contributed by atoms with Crippen molar-refractivity contribution >= 4 is 27.5 Å². The highest BCUT2D eigenvalue weighted by Crippen LogP contribution is 1.97. The Morgan fingerprint density at radius 2 is 1.83 bits per heavy atom. The molecule has 0 spiro atoms. The van der Waals surface area contributed by atoms with Gasteiger partial charge in [0.1, 0.15) is 0 Å². The normalized spacial score (nSPS) is 12.3. The molecule has 5 nitrogen and oxygen atoms in total. The molecule has 0 aromatic rings. The molecule has 7 heteroatoms. The first-order chi connectivity index (χ1) is 5.10. The number of nitrogens with two attached hydrogens (primary N) is 1. The Labute approximate surface area is 77.9 Å². The van der Waals surface area contributed by atoms with E-state index in [-0.39, 0.29) is 10.7 Å². The van der Waals surface area contributed by atoms with Crippen LogP contribution in [-0.4, -0.2) is 19.1 Å². The van der Waals surface area contributed by atoms with Crippen molar-refractivity contribution in [2.45, 2.75) is 26.3 Å². The predicted molar refractivity (Wildman–Crippen MR) is 51.7 cm³/mol. The van der Waals surface area contributed by atoms with E-state index < -0.39 is 10.2 Å². The monoisotopic (exact) mass is 211 g/mol. The Kier molecular flexibility index (Phi) is 3.43. The van der Waals surface area contributed by atoms with Crippen LogP contribution < -0.4 is 15.2 Å². The van der Waals surface area contributed by atoms with Gasteiger partial charge in [-0.15, -0.1) is 0 Å². The highest BCUT2D eigenvalue weighted by Gasteiger charge is 2.13. The number of nitrogens with one attached hydrogen (secondary N) is 2. The molecule has 0 aromatic carbocycles. The standard InChI is InChI=1S/C5H13N3O2S2/c1-5(2,3)7-4(11)8-12(6,9)10/h1-3H3,(H2,6,9,10)(H2,7,8,11).